The fraction of sp³-hybridized carbons (Fsp3) is 0.857. The van der Waals surface area contributed by atoms with Gasteiger partial charge in [-0.2, -0.15) is 0 Å². The molecule has 19 heavy (non-hydrogen) atoms. The van der Waals surface area contributed by atoms with Gasteiger partial charge < -0.3 is 14.9 Å². The van der Waals surface area contributed by atoms with E-state index < -0.39 is 12.0 Å². The Bertz CT molecular complexity index is 314. The van der Waals surface area contributed by atoms with Crippen molar-refractivity contribution in [2.45, 2.75) is 64.5 Å². The molecule has 2 amide bonds. The van der Waals surface area contributed by atoms with Gasteiger partial charge in [0.15, 0.2) is 0 Å². The zero-order chi connectivity index (χ0) is 14.4. The van der Waals surface area contributed by atoms with Crippen LogP contribution in [0.3, 0.4) is 0 Å². The van der Waals surface area contributed by atoms with E-state index in [0.717, 1.165) is 25.7 Å². The lowest BCUT2D eigenvalue weighted by molar-refractivity contribution is -0.142. The Morgan fingerprint density at radius 3 is 2.21 bits per heavy atom. The topological polar surface area (TPSA) is 60.9 Å². The van der Waals surface area contributed by atoms with Crippen molar-refractivity contribution in [2.75, 3.05) is 13.6 Å². The van der Waals surface area contributed by atoms with Crippen LogP contribution in [0.5, 0.6) is 0 Å². The van der Waals surface area contributed by atoms with E-state index in [1.165, 1.54) is 11.3 Å². The Balaban J connectivity index is 2.73. The SMILES string of the molecule is CCC(C(=O)O)N(C)C(=O)N(CC)C1CCCCC1. The maximum atomic E-state index is 12.5. The van der Waals surface area contributed by atoms with Crippen LogP contribution >= 0.6 is 0 Å². The molecule has 1 rings (SSSR count). The monoisotopic (exact) mass is 270 g/mol. The molecule has 110 valence electrons. The largest absolute Gasteiger partial charge is 0.480 e. The van der Waals surface area contributed by atoms with Crippen molar-refractivity contribution in [2.24, 2.45) is 0 Å². The molecule has 1 aliphatic rings. The first-order valence-corrected chi connectivity index (χ1v) is 7.29. The standard InChI is InChI=1S/C14H26N2O3/c1-4-12(13(17)18)15(3)14(19)16(5-2)11-9-7-6-8-10-11/h11-12H,4-10H2,1-3H3,(H,17,18). The van der Waals surface area contributed by atoms with Gasteiger partial charge in [-0.25, -0.2) is 9.59 Å². The Labute approximate surface area is 115 Å². The number of rotatable bonds is 5. The van der Waals surface area contributed by atoms with Crippen molar-refractivity contribution >= 4 is 12.0 Å². The molecule has 0 aliphatic heterocycles. The fourth-order valence-electron chi connectivity index (χ4n) is 2.89. The highest BCUT2D eigenvalue weighted by Crippen LogP contribution is 2.23. The molecule has 1 N–H and O–H groups in total. The summed E-state index contributed by atoms with van der Waals surface area (Å²) in [5.74, 6) is -0.932. The van der Waals surface area contributed by atoms with Gasteiger partial charge in [-0.3, -0.25) is 0 Å². The van der Waals surface area contributed by atoms with E-state index in [4.69, 9.17) is 5.11 Å². The van der Waals surface area contributed by atoms with Gasteiger partial charge in [0.05, 0.1) is 0 Å². The molecule has 5 nitrogen and oxygen atoms in total. The third-order valence-corrected chi connectivity index (χ3v) is 4.04. The van der Waals surface area contributed by atoms with Gasteiger partial charge in [0.1, 0.15) is 6.04 Å². The highest BCUT2D eigenvalue weighted by molar-refractivity contribution is 5.82. The maximum absolute atomic E-state index is 12.5. The van der Waals surface area contributed by atoms with E-state index in [0.29, 0.717) is 13.0 Å². The molecule has 1 saturated carbocycles. The number of aliphatic carboxylic acids is 1. The van der Waals surface area contributed by atoms with Crippen LogP contribution < -0.4 is 0 Å². The molecular formula is C14H26N2O3. The summed E-state index contributed by atoms with van der Waals surface area (Å²) < 4.78 is 0. The van der Waals surface area contributed by atoms with Crippen LogP contribution in [0, 0.1) is 0 Å². The predicted octanol–water partition coefficient (Wildman–Crippen LogP) is 2.56. The van der Waals surface area contributed by atoms with Gasteiger partial charge in [-0.1, -0.05) is 26.2 Å². The average molecular weight is 270 g/mol. The summed E-state index contributed by atoms with van der Waals surface area (Å²) in [6.45, 7) is 4.39. The Morgan fingerprint density at radius 2 is 1.79 bits per heavy atom. The summed E-state index contributed by atoms with van der Waals surface area (Å²) in [4.78, 5) is 26.8. The van der Waals surface area contributed by atoms with Crippen molar-refractivity contribution in [1.29, 1.82) is 0 Å². The molecule has 0 spiro atoms. The first kappa shape index (κ1) is 15.8. The fourth-order valence-corrected chi connectivity index (χ4v) is 2.89. The van der Waals surface area contributed by atoms with Crippen LogP contribution in [0.4, 0.5) is 4.79 Å². The quantitative estimate of drug-likeness (QED) is 0.835. The number of hydrogen-bond donors (Lipinski definition) is 1. The number of carboxylic acid groups (broad SMARTS) is 1. The smallest absolute Gasteiger partial charge is 0.326 e. The number of carbonyl (C=O) groups is 2. The van der Waals surface area contributed by atoms with Crippen molar-refractivity contribution in [3.05, 3.63) is 0 Å². The van der Waals surface area contributed by atoms with E-state index in [-0.39, 0.29) is 12.1 Å². The molecule has 0 aromatic heterocycles. The van der Waals surface area contributed by atoms with E-state index in [1.54, 1.807) is 14.0 Å². The van der Waals surface area contributed by atoms with Gasteiger partial charge >= 0.3 is 12.0 Å². The highest BCUT2D eigenvalue weighted by Gasteiger charge is 2.31. The molecule has 0 saturated heterocycles. The van der Waals surface area contributed by atoms with Gasteiger partial charge in [0.25, 0.3) is 0 Å². The molecule has 0 bridgehead atoms. The maximum Gasteiger partial charge on any atom is 0.326 e. The van der Waals surface area contributed by atoms with Gasteiger partial charge in [-0.05, 0) is 26.2 Å². The summed E-state index contributed by atoms with van der Waals surface area (Å²) in [7, 11) is 1.59. The Kier molecular flexibility index (Phi) is 6.12. The van der Waals surface area contributed by atoms with Crippen molar-refractivity contribution in [3.63, 3.8) is 0 Å². The highest BCUT2D eigenvalue weighted by atomic mass is 16.4. The first-order valence-electron chi connectivity index (χ1n) is 7.29. The van der Waals surface area contributed by atoms with Crippen LogP contribution in [0.2, 0.25) is 0 Å². The summed E-state index contributed by atoms with van der Waals surface area (Å²) in [5, 5.41) is 9.14. The minimum Gasteiger partial charge on any atom is -0.480 e. The molecule has 0 aromatic rings. The molecule has 0 aromatic carbocycles. The Morgan fingerprint density at radius 1 is 1.21 bits per heavy atom. The van der Waals surface area contributed by atoms with Gasteiger partial charge in [-0.15, -0.1) is 0 Å². The van der Waals surface area contributed by atoms with Crippen LogP contribution in [-0.2, 0) is 4.79 Å². The Hall–Kier alpha value is -1.26. The number of nitrogens with zero attached hydrogens (tertiary/aromatic N) is 2. The molecule has 0 heterocycles. The van der Waals surface area contributed by atoms with Gasteiger partial charge in [0.2, 0.25) is 0 Å². The van der Waals surface area contributed by atoms with Crippen molar-refractivity contribution in [1.82, 2.24) is 9.80 Å². The number of carboxylic acids is 1. The minimum absolute atomic E-state index is 0.149. The van der Waals surface area contributed by atoms with E-state index in [9.17, 15) is 9.59 Å². The summed E-state index contributed by atoms with van der Waals surface area (Å²) in [6, 6.07) is -0.603. The van der Waals surface area contributed by atoms with Gasteiger partial charge in [0, 0.05) is 19.6 Å². The molecule has 1 atom stereocenters. The molecule has 1 aliphatic carbocycles. The lowest BCUT2D eigenvalue weighted by Gasteiger charge is -2.37. The zero-order valence-electron chi connectivity index (χ0n) is 12.3. The zero-order valence-corrected chi connectivity index (χ0v) is 12.3. The van der Waals surface area contributed by atoms with E-state index in [1.807, 2.05) is 11.8 Å². The van der Waals surface area contributed by atoms with Crippen LogP contribution in [0.1, 0.15) is 52.4 Å². The number of amides is 2. The molecule has 1 unspecified atom stereocenters. The molecule has 0 radical (unpaired) electrons. The van der Waals surface area contributed by atoms with Crippen LogP contribution in [0.25, 0.3) is 0 Å². The summed E-state index contributed by atoms with van der Waals surface area (Å²) >= 11 is 0. The second-order valence-electron chi connectivity index (χ2n) is 5.23. The van der Waals surface area contributed by atoms with Crippen LogP contribution in [0.15, 0.2) is 0 Å². The summed E-state index contributed by atoms with van der Waals surface area (Å²) in [6.07, 6.45) is 6.07. The lowest BCUT2D eigenvalue weighted by Crippen LogP contribution is -2.52. The normalized spacial score (nSPS) is 17.8. The minimum atomic E-state index is -0.932. The summed E-state index contributed by atoms with van der Waals surface area (Å²) in [5.41, 5.74) is 0. The molecule has 5 heteroatoms. The first-order chi connectivity index (χ1) is 9.02. The second kappa shape index (κ2) is 7.36. The van der Waals surface area contributed by atoms with E-state index >= 15 is 0 Å². The van der Waals surface area contributed by atoms with Crippen molar-refractivity contribution < 1.29 is 14.7 Å². The van der Waals surface area contributed by atoms with Crippen LogP contribution in [-0.4, -0.2) is 52.6 Å². The number of urea groups is 1. The second-order valence-corrected chi connectivity index (χ2v) is 5.23. The van der Waals surface area contributed by atoms with E-state index in [2.05, 4.69) is 0 Å². The number of likely N-dealkylation sites (N-methyl/N-ethyl adjacent to an activating group) is 1. The average Bonchev–Trinajstić information content (AvgIpc) is 2.41. The number of hydrogen-bond acceptors (Lipinski definition) is 2. The van der Waals surface area contributed by atoms with Crippen molar-refractivity contribution in [3.8, 4) is 0 Å². The number of carbonyl (C=O) groups excluding carboxylic acids is 1. The third-order valence-electron chi connectivity index (χ3n) is 4.04. The lowest BCUT2D eigenvalue weighted by atomic mass is 9.94. The molecular weight excluding hydrogens is 244 g/mol. The predicted molar refractivity (Wildman–Crippen MR) is 74.1 cm³/mol. The third kappa shape index (κ3) is 3.85. The molecule has 1 fully saturated rings.